The number of aliphatic hydroxyl groups is 2. The molecule has 2 aliphatic rings. The van der Waals surface area contributed by atoms with E-state index in [-0.39, 0.29) is 30.4 Å². The van der Waals surface area contributed by atoms with Crippen molar-refractivity contribution in [3.05, 3.63) is 35.9 Å². The zero-order valence-electron chi connectivity index (χ0n) is 29.2. The summed E-state index contributed by atoms with van der Waals surface area (Å²) in [5.74, 6) is 1.34. The van der Waals surface area contributed by atoms with Gasteiger partial charge in [-0.1, -0.05) is 76.3 Å². The maximum atomic E-state index is 13.8. The largest absolute Gasteiger partial charge is 0.390 e. The minimum atomic E-state index is -1.16. The number of benzene rings is 1. The number of amides is 3. The topological polar surface area (TPSA) is 139 Å². The summed E-state index contributed by atoms with van der Waals surface area (Å²) in [5.41, 5.74) is 0.888. The fourth-order valence-electron chi connectivity index (χ4n) is 6.82. The first-order valence-corrected chi connectivity index (χ1v) is 17.9. The molecule has 5 atom stereocenters. The predicted molar refractivity (Wildman–Crippen MR) is 187 cm³/mol. The summed E-state index contributed by atoms with van der Waals surface area (Å²) in [6, 6.07) is 7.67. The van der Waals surface area contributed by atoms with E-state index in [0.717, 1.165) is 31.2 Å². The summed E-state index contributed by atoms with van der Waals surface area (Å²) in [6.45, 7) is 6.43. The third-order valence-electron chi connectivity index (χ3n) is 9.82. The zero-order valence-corrected chi connectivity index (χ0v) is 29.2. The van der Waals surface area contributed by atoms with Gasteiger partial charge < -0.3 is 30.6 Å². The lowest BCUT2D eigenvalue weighted by atomic mass is 9.82. The molecule has 4 N–H and O–H groups in total. The van der Waals surface area contributed by atoms with Crippen molar-refractivity contribution in [3.8, 4) is 12.3 Å². The van der Waals surface area contributed by atoms with Gasteiger partial charge in [-0.15, -0.1) is 12.3 Å². The number of likely N-dealkylation sites (tertiary alicyclic amines) is 1. The van der Waals surface area contributed by atoms with Gasteiger partial charge in [0.25, 0.3) is 0 Å². The summed E-state index contributed by atoms with van der Waals surface area (Å²) in [7, 11) is 1.72. The van der Waals surface area contributed by atoms with Crippen molar-refractivity contribution < 1.29 is 29.4 Å². The Morgan fingerprint density at radius 2 is 1.69 bits per heavy atom. The Kier molecular flexibility index (Phi) is 16.6. The molecule has 1 saturated carbocycles. The highest BCUT2D eigenvalue weighted by molar-refractivity contribution is 5.91. The number of likely N-dealkylation sites (N-methyl/N-ethyl adjacent to an activating group) is 1. The molecule has 1 heterocycles. The molecule has 1 aromatic rings. The number of hydrogen-bond acceptors (Lipinski definition) is 7. The molecule has 0 unspecified atom stereocenters. The molecule has 1 saturated heterocycles. The number of nitrogens with one attached hydrogen (secondary N) is 2. The second-order valence-electron chi connectivity index (χ2n) is 14.3. The Bertz CT molecular complexity index is 1200. The molecule has 1 aromatic carbocycles. The van der Waals surface area contributed by atoms with E-state index in [4.69, 9.17) is 6.42 Å². The smallest absolute Gasteiger partial charge is 0.243 e. The molecule has 3 rings (SSSR count). The molecule has 48 heavy (non-hydrogen) atoms. The molecule has 2 fully saturated rings. The van der Waals surface area contributed by atoms with Crippen molar-refractivity contribution in [2.75, 3.05) is 33.2 Å². The van der Waals surface area contributed by atoms with Crippen LogP contribution in [0.25, 0.3) is 0 Å². The van der Waals surface area contributed by atoms with Crippen molar-refractivity contribution in [1.82, 2.24) is 20.4 Å². The normalized spacial score (nSPS) is 19.1. The van der Waals surface area contributed by atoms with Gasteiger partial charge in [0.2, 0.25) is 17.7 Å². The third kappa shape index (κ3) is 13.3. The summed E-state index contributed by atoms with van der Waals surface area (Å²) in [4.78, 5) is 56.3. The summed E-state index contributed by atoms with van der Waals surface area (Å²) in [5, 5.41) is 27.8. The van der Waals surface area contributed by atoms with Crippen LogP contribution in [0, 0.1) is 30.1 Å². The van der Waals surface area contributed by atoms with Crippen molar-refractivity contribution in [1.29, 1.82) is 0 Å². The van der Waals surface area contributed by atoms with Gasteiger partial charge in [0.1, 0.15) is 17.9 Å². The minimum Gasteiger partial charge on any atom is -0.390 e. The standard InChI is InChI=1S/C38H58N4O6/c1-5-12-32(38(48)40-33(25-29-15-10-7-11-16-29)36(46)34(44)23-27(2)3)39-37(47)30(24-28-13-8-6-9-14-28)26-35(45)41(4)21-22-42-19-17-31(43)18-20-42/h1,6,8-9,13-14,27,29-30,32-34,36,44,46H,7,10-12,15-26H2,2-4H3,(H,39,47)(H,40,48)/t30-,32+,33+,34+,36-/m1/s1. The molecular weight excluding hydrogens is 608 g/mol. The number of carbonyl (C=O) groups is 4. The first kappa shape index (κ1) is 39.2. The maximum Gasteiger partial charge on any atom is 0.243 e. The number of Topliss-reactive ketones (excluding diaryl/α,β-unsaturated/α-hetero) is 1. The van der Waals surface area contributed by atoms with Crippen molar-refractivity contribution >= 4 is 23.5 Å². The number of rotatable bonds is 18. The maximum absolute atomic E-state index is 13.8. The molecule has 0 radical (unpaired) electrons. The Balaban J connectivity index is 1.71. The van der Waals surface area contributed by atoms with Crippen molar-refractivity contribution in [2.24, 2.45) is 17.8 Å². The van der Waals surface area contributed by atoms with Crippen LogP contribution in [0.1, 0.15) is 90.0 Å². The van der Waals surface area contributed by atoms with Gasteiger partial charge >= 0.3 is 0 Å². The SMILES string of the molecule is C#CC[C@H](NC(=O)[C@@H](CC(=O)N(C)CCN1CCC(=O)CC1)Cc1ccccc1)C(=O)N[C@@H](CC1CCCCC1)[C@@H](O)[C@@H](O)CC(C)C. The fourth-order valence-corrected chi connectivity index (χ4v) is 6.82. The van der Waals surface area contributed by atoms with E-state index < -0.39 is 42.0 Å². The van der Waals surface area contributed by atoms with Gasteiger partial charge in [-0.05, 0) is 36.7 Å². The molecule has 10 heteroatoms. The number of hydrogen-bond donors (Lipinski definition) is 4. The summed E-state index contributed by atoms with van der Waals surface area (Å²) < 4.78 is 0. The van der Waals surface area contributed by atoms with E-state index >= 15 is 0 Å². The molecule has 0 bridgehead atoms. The van der Waals surface area contributed by atoms with Crippen molar-refractivity contribution in [2.45, 2.75) is 115 Å². The van der Waals surface area contributed by atoms with Crippen LogP contribution in [0.5, 0.6) is 0 Å². The van der Waals surface area contributed by atoms with Gasteiger partial charge in [-0.25, -0.2) is 0 Å². The number of terminal acetylenes is 1. The van der Waals surface area contributed by atoms with Crippen LogP contribution in [0.3, 0.4) is 0 Å². The molecule has 0 spiro atoms. The Morgan fingerprint density at radius 1 is 1.02 bits per heavy atom. The molecule has 1 aliphatic carbocycles. The van der Waals surface area contributed by atoms with Crippen LogP contribution in [0.15, 0.2) is 30.3 Å². The van der Waals surface area contributed by atoms with Gasteiger partial charge in [-0.2, -0.15) is 0 Å². The van der Waals surface area contributed by atoms with Crippen molar-refractivity contribution in [3.63, 3.8) is 0 Å². The van der Waals surface area contributed by atoms with Gasteiger partial charge in [-0.3, -0.25) is 19.2 Å². The Hall–Kier alpha value is -3.26. The van der Waals surface area contributed by atoms with Crippen LogP contribution in [-0.4, -0.2) is 101 Å². The second-order valence-corrected chi connectivity index (χ2v) is 14.3. The van der Waals surface area contributed by atoms with E-state index in [1.807, 2.05) is 44.2 Å². The highest BCUT2D eigenvalue weighted by Gasteiger charge is 2.34. The van der Waals surface area contributed by atoms with E-state index in [2.05, 4.69) is 21.5 Å². The van der Waals surface area contributed by atoms with E-state index in [9.17, 15) is 29.4 Å². The van der Waals surface area contributed by atoms with Crippen LogP contribution in [0.4, 0.5) is 0 Å². The number of nitrogens with zero attached hydrogens (tertiary/aromatic N) is 2. The lowest BCUT2D eigenvalue weighted by molar-refractivity contribution is -0.137. The average molecular weight is 667 g/mol. The fraction of sp³-hybridized carbons (Fsp3) is 0.684. The Labute approximate surface area is 287 Å². The molecule has 0 aromatic heterocycles. The quantitative estimate of drug-likeness (QED) is 0.177. The first-order valence-electron chi connectivity index (χ1n) is 17.9. The lowest BCUT2D eigenvalue weighted by Crippen LogP contribution is -2.56. The summed E-state index contributed by atoms with van der Waals surface area (Å²) in [6.07, 6.45) is 11.0. The number of ketones is 1. The monoisotopic (exact) mass is 666 g/mol. The highest BCUT2D eigenvalue weighted by atomic mass is 16.3. The number of aliphatic hydroxyl groups excluding tert-OH is 2. The third-order valence-corrected chi connectivity index (χ3v) is 9.82. The number of piperidine rings is 1. The van der Waals surface area contributed by atoms with Crippen LogP contribution < -0.4 is 10.6 Å². The highest BCUT2D eigenvalue weighted by Crippen LogP contribution is 2.29. The van der Waals surface area contributed by atoms with E-state index in [1.165, 1.54) is 6.42 Å². The molecule has 10 nitrogen and oxygen atoms in total. The Morgan fingerprint density at radius 3 is 2.31 bits per heavy atom. The van der Waals surface area contributed by atoms with Crippen LogP contribution >= 0.6 is 0 Å². The predicted octanol–water partition coefficient (Wildman–Crippen LogP) is 3.09. The lowest BCUT2D eigenvalue weighted by Gasteiger charge is -2.33. The number of carbonyl (C=O) groups excluding carboxylic acids is 4. The molecular formula is C38H58N4O6. The van der Waals surface area contributed by atoms with E-state index in [0.29, 0.717) is 64.2 Å². The first-order chi connectivity index (χ1) is 23.0. The van der Waals surface area contributed by atoms with Gasteiger partial charge in [0.15, 0.2) is 0 Å². The summed E-state index contributed by atoms with van der Waals surface area (Å²) >= 11 is 0. The van der Waals surface area contributed by atoms with E-state index in [1.54, 1.807) is 11.9 Å². The second kappa shape index (κ2) is 20.3. The van der Waals surface area contributed by atoms with Gasteiger partial charge in [0.05, 0.1) is 18.1 Å². The molecule has 266 valence electrons. The van der Waals surface area contributed by atoms with Gasteiger partial charge in [0, 0.05) is 58.9 Å². The van der Waals surface area contributed by atoms with Crippen LogP contribution in [0.2, 0.25) is 0 Å². The zero-order chi connectivity index (χ0) is 35.1. The average Bonchev–Trinajstić information content (AvgIpc) is 3.07. The van der Waals surface area contributed by atoms with Crippen LogP contribution in [-0.2, 0) is 25.6 Å². The minimum absolute atomic E-state index is 0.0511. The molecule has 1 aliphatic heterocycles. The molecule has 3 amide bonds.